The van der Waals surface area contributed by atoms with Crippen molar-refractivity contribution in [3.05, 3.63) is 76.4 Å². The highest BCUT2D eigenvalue weighted by atomic mass is 32.1. The molecule has 2 aliphatic rings. The second kappa shape index (κ2) is 10.7. The Bertz CT molecular complexity index is 1350. The molecule has 0 aliphatic carbocycles. The maximum Gasteiger partial charge on any atom is 0.255 e. The number of nitrogens with zero attached hydrogens (tertiary/aromatic N) is 3. The van der Waals surface area contributed by atoms with Gasteiger partial charge in [0.1, 0.15) is 12.1 Å². The molecule has 1 N–H and O–H groups in total. The molecule has 1 unspecified atom stereocenters. The lowest BCUT2D eigenvalue weighted by Crippen LogP contribution is -2.55. The molecule has 0 radical (unpaired) electrons. The largest absolute Gasteiger partial charge is 0.348 e. The van der Waals surface area contributed by atoms with Crippen molar-refractivity contribution < 1.29 is 14.4 Å². The van der Waals surface area contributed by atoms with Gasteiger partial charge in [-0.15, -0.1) is 11.3 Å². The van der Waals surface area contributed by atoms with E-state index in [0.717, 1.165) is 33.7 Å². The third-order valence-electron chi connectivity index (χ3n) is 7.69. The molecule has 2 aliphatic heterocycles. The van der Waals surface area contributed by atoms with Gasteiger partial charge in [0.2, 0.25) is 11.8 Å². The first-order valence-electron chi connectivity index (χ1n) is 13.3. The van der Waals surface area contributed by atoms with Crippen LogP contribution in [0.5, 0.6) is 0 Å². The Morgan fingerprint density at radius 2 is 1.82 bits per heavy atom. The maximum atomic E-state index is 13.9. The molecular weight excluding hydrogens is 496 g/mol. The normalized spacial score (nSPS) is 18.6. The zero-order valence-corrected chi connectivity index (χ0v) is 23.1. The smallest absolute Gasteiger partial charge is 0.255 e. The number of thiazole rings is 1. The predicted octanol–water partition coefficient (Wildman–Crippen LogP) is 4.97. The molecule has 1 fully saturated rings. The Hall–Kier alpha value is -3.52. The number of carbonyl (C=O) groups is 3. The van der Waals surface area contributed by atoms with Crippen LogP contribution in [0.4, 0.5) is 0 Å². The van der Waals surface area contributed by atoms with Crippen molar-refractivity contribution in [3.63, 3.8) is 0 Å². The summed E-state index contributed by atoms with van der Waals surface area (Å²) in [5, 5.41) is 3.13. The van der Waals surface area contributed by atoms with Crippen LogP contribution in [-0.2, 0) is 16.1 Å². The zero-order chi connectivity index (χ0) is 27.0. The van der Waals surface area contributed by atoms with Gasteiger partial charge in [-0.3, -0.25) is 14.4 Å². The van der Waals surface area contributed by atoms with Crippen LogP contribution in [0.1, 0.15) is 66.8 Å². The summed E-state index contributed by atoms with van der Waals surface area (Å²) in [6.07, 6.45) is 1.38. The lowest BCUT2D eigenvalue weighted by Gasteiger charge is -2.35. The first-order chi connectivity index (χ1) is 18.3. The van der Waals surface area contributed by atoms with E-state index in [1.54, 1.807) is 21.1 Å². The molecule has 3 amide bonds. The standard InChI is InChI=1S/C30H34N4O3S/c1-18(2)26(34-16-23-8-5-6-9-24(23)29(34)36)30(37)33-15-7-10-25(33)28(35)32-19(3)21-11-13-22(14-12-21)27-20(4)31-17-38-27/h5-6,8-9,11-14,17-19,25-26H,7,10,15-16H2,1-4H3,(H,32,35)/t19-,25-,26?/m0/s1. The third-order valence-corrected chi connectivity index (χ3v) is 8.66. The summed E-state index contributed by atoms with van der Waals surface area (Å²) in [6.45, 7) is 8.82. The van der Waals surface area contributed by atoms with Crippen LogP contribution in [0, 0.1) is 12.8 Å². The van der Waals surface area contributed by atoms with Gasteiger partial charge in [-0.2, -0.15) is 0 Å². The first kappa shape index (κ1) is 26.1. The van der Waals surface area contributed by atoms with Gasteiger partial charge < -0.3 is 15.1 Å². The number of benzene rings is 2. The molecule has 198 valence electrons. The fourth-order valence-corrected chi connectivity index (χ4v) is 6.46. The highest BCUT2D eigenvalue weighted by molar-refractivity contribution is 7.13. The second-order valence-electron chi connectivity index (χ2n) is 10.6. The van der Waals surface area contributed by atoms with Gasteiger partial charge in [0.25, 0.3) is 5.91 Å². The van der Waals surface area contributed by atoms with Crippen molar-refractivity contribution in [2.45, 2.75) is 65.2 Å². The van der Waals surface area contributed by atoms with Gasteiger partial charge in [0.05, 0.1) is 22.1 Å². The average molecular weight is 531 g/mol. The van der Waals surface area contributed by atoms with Crippen LogP contribution in [-0.4, -0.2) is 51.1 Å². The van der Waals surface area contributed by atoms with Crippen molar-refractivity contribution >= 4 is 29.1 Å². The van der Waals surface area contributed by atoms with Crippen LogP contribution >= 0.6 is 11.3 Å². The number of aromatic nitrogens is 1. The van der Waals surface area contributed by atoms with E-state index in [1.807, 2.05) is 69.6 Å². The number of hydrogen-bond donors (Lipinski definition) is 1. The predicted molar refractivity (Wildman–Crippen MR) is 149 cm³/mol. The SMILES string of the molecule is Cc1ncsc1-c1ccc([C@H](C)NC(=O)[C@@H]2CCCN2C(=O)C(C(C)C)N2Cc3ccccc3C2=O)cc1. The highest BCUT2D eigenvalue weighted by Gasteiger charge is 2.43. The molecule has 1 aromatic heterocycles. The molecule has 5 rings (SSSR count). The molecule has 0 spiro atoms. The van der Waals surface area contributed by atoms with E-state index in [9.17, 15) is 14.4 Å². The minimum atomic E-state index is -0.608. The average Bonchev–Trinajstić information content (AvgIpc) is 3.64. The molecule has 3 atom stereocenters. The fourth-order valence-electron chi connectivity index (χ4n) is 5.65. The number of fused-ring (bicyclic) bond motifs is 1. The molecular formula is C30H34N4O3S. The quantitative estimate of drug-likeness (QED) is 0.468. The molecule has 3 aromatic rings. The Morgan fingerprint density at radius 3 is 2.47 bits per heavy atom. The van der Waals surface area contributed by atoms with Gasteiger partial charge in [0.15, 0.2) is 0 Å². The maximum absolute atomic E-state index is 13.9. The minimum Gasteiger partial charge on any atom is -0.348 e. The molecule has 3 heterocycles. The Balaban J connectivity index is 1.28. The molecule has 38 heavy (non-hydrogen) atoms. The number of amides is 3. The highest BCUT2D eigenvalue weighted by Crippen LogP contribution is 2.31. The monoisotopic (exact) mass is 530 g/mol. The summed E-state index contributed by atoms with van der Waals surface area (Å²) in [4.78, 5) is 49.3. The number of likely N-dealkylation sites (tertiary alicyclic amines) is 1. The molecule has 0 saturated carbocycles. The molecule has 1 saturated heterocycles. The summed E-state index contributed by atoms with van der Waals surface area (Å²) in [5.41, 5.74) is 6.57. The first-order valence-corrected chi connectivity index (χ1v) is 14.1. The van der Waals surface area contributed by atoms with Crippen LogP contribution in [0.3, 0.4) is 0 Å². The summed E-state index contributed by atoms with van der Waals surface area (Å²) in [7, 11) is 0. The van der Waals surface area contributed by atoms with Crippen LogP contribution < -0.4 is 5.32 Å². The fraction of sp³-hybridized carbons (Fsp3) is 0.400. The number of hydrogen-bond acceptors (Lipinski definition) is 5. The van der Waals surface area contributed by atoms with Crippen molar-refractivity contribution in [3.8, 4) is 10.4 Å². The lowest BCUT2D eigenvalue weighted by molar-refractivity contribution is -0.143. The van der Waals surface area contributed by atoms with E-state index in [1.165, 1.54) is 0 Å². The van der Waals surface area contributed by atoms with Crippen molar-refractivity contribution in [1.82, 2.24) is 20.1 Å². The van der Waals surface area contributed by atoms with E-state index in [-0.39, 0.29) is 29.7 Å². The Morgan fingerprint density at radius 1 is 1.08 bits per heavy atom. The molecule has 8 heteroatoms. The van der Waals surface area contributed by atoms with Crippen molar-refractivity contribution in [2.24, 2.45) is 5.92 Å². The van der Waals surface area contributed by atoms with E-state index in [4.69, 9.17) is 0 Å². The lowest BCUT2D eigenvalue weighted by atomic mass is 10.00. The molecule has 0 bridgehead atoms. The summed E-state index contributed by atoms with van der Waals surface area (Å²) in [6, 6.07) is 14.3. The van der Waals surface area contributed by atoms with Crippen molar-refractivity contribution in [1.29, 1.82) is 0 Å². The number of carbonyl (C=O) groups excluding carboxylic acids is 3. The van der Waals surface area contributed by atoms with Gasteiger partial charge in [-0.1, -0.05) is 56.3 Å². The Kier molecular flexibility index (Phi) is 7.34. The third kappa shape index (κ3) is 4.85. The van der Waals surface area contributed by atoms with Gasteiger partial charge in [-0.25, -0.2) is 4.98 Å². The van der Waals surface area contributed by atoms with E-state index < -0.39 is 12.1 Å². The van der Waals surface area contributed by atoms with Crippen LogP contribution in [0.2, 0.25) is 0 Å². The summed E-state index contributed by atoms with van der Waals surface area (Å²) in [5.74, 6) is -0.483. The van der Waals surface area contributed by atoms with Crippen LogP contribution in [0.15, 0.2) is 54.0 Å². The van der Waals surface area contributed by atoms with Gasteiger partial charge in [0, 0.05) is 18.7 Å². The number of nitrogens with one attached hydrogen (secondary N) is 1. The second-order valence-corrected chi connectivity index (χ2v) is 11.4. The van der Waals surface area contributed by atoms with E-state index in [2.05, 4.69) is 22.4 Å². The van der Waals surface area contributed by atoms with Crippen LogP contribution in [0.25, 0.3) is 10.4 Å². The summed E-state index contributed by atoms with van der Waals surface area (Å²) < 4.78 is 0. The minimum absolute atomic E-state index is 0.0790. The van der Waals surface area contributed by atoms with E-state index >= 15 is 0 Å². The van der Waals surface area contributed by atoms with Crippen molar-refractivity contribution in [2.75, 3.05) is 6.54 Å². The zero-order valence-electron chi connectivity index (χ0n) is 22.3. The molecule has 7 nitrogen and oxygen atoms in total. The Labute approximate surface area is 227 Å². The van der Waals surface area contributed by atoms with E-state index in [0.29, 0.717) is 25.1 Å². The number of aryl methyl sites for hydroxylation is 1. The molecule has 2 aromatic carbocycles. The van der Waals surface area contributed by atoms with Gasteiger partial charge in [-0.05, 0) is 55.4 Å². The number of rotatable bonds is 7. The summed E-state index contributed by atoms with van der Waals surface area (Å²) >= 11 is 1.61. The van der Waals surface area contributed by atoms with Gasteiger partial charge >= 0.3 is 0 Å². The topological polar surface area (TPSA) is 82.6 Å².